The maximum Gasteiger partial charge on any atom is 0.224 e. The lowest BCUT2D eigenvalue weighted by Gasteiger charge is -2.12. The molecule has 2 aromatic rings. The van der Waals surface area contributed by atoms with Gasteiger partial charge in [-0.05, 0) is 30.5 Å². The molecule has 1 fully saturated rings. The molecule has 7 heteroatoms. The number of nitrogens with one attached hydrogen (secondary N) is 1. The van der Waals surface area contributed by atoms with Crippen LogP contribution >= 0.6 is 11.3 Å². The number of nitrogens with zero attached hydrogens (tertiary/aromatic N) is 2. The number of carbonyl (C=O) groups excluding carboxylic acids is 1. The van der Waals surface area contributed by atoms with Gasteiger partial charge in [0.15, 0.2) is 16.6 Å². The molecular formula is C19H25N3O3S. The van der Waals surface area contributed by atoms with Crippen LogP contribution in [0.3, 0.4) is 0 Å². The standard InChI is InChI=1S/C19H25N3O3S/c1-24-16-6-5-14(11-17(16)25-2)12-18(23)20-8-7-15-13-26-19(21-15)22-9-3-4-10-22/h5-6,11,13H,3-4,7-10,12H2,1-2H3,(H,20,23). The van der Waals surface area contributed by atoms with Gasteiger partial charge in [-0.2, -0.15) is 0 Å². The fourth-order valence-electron chi connectivity index (χ4n) is 3.03. The Kier molecular flexibility index (Phi) is 6.33. The van der Waals surface area contributed by atoms with Crippen LogP contribution in [0.25, 0.3) is 0 Å². The summed E-state index contributed by atoms with van der Waals surface area (Å²) in [5.74, 6) is 1.29. The minimum atomic E-state index is -0.00721. The van der Waals surface area contributed by atoms with E-state index in [4.69, 9.17) is 9.47 Å². The average Bonchev–Trinajstić information content (AvgIpc) is 3.33. The van der Waals surface area contributed by atoms with Gasteiger partial charge in [0.05, 0.1) is 26.3 Å². The normalized spacial score (nSPS) is 13.7. The van der Waals surface area contributed by atoms with Crippen molar-refractivity contribution < 1.29 is 14.3 Å². The summed E-state index contributed by atoms with van der Waals surface area (Å²) >= 11 is 1.69. The predicted molar refractivity (Wildman–Crippen MR) is 104 cm³/mol. The van der Waals surface area contributed by atoms with Crippen LogP contribution in [0, 0.1) is 0 Å². The van der Waals surface area contributed by atoms with E-state index in [-0.39, 0.29) is 5.91 Å². The summed E-state index contributed by atoms with van der Waals surface area (Å²) in [6.45, 7) is 2.80. The van der Waals surface area contributed by atoms with Gasteiger partial charge in [0, 0.05) is 31.4 Å². The topological polar surface area (TPSA) is 63.7 Å². The van der Waals surface area contributed by atoms with Gasteiger partial charge in [0.25, 0.3) is 0 Å². The van der Waals surface area contributed by atoms with Crippen molar-refractivity contribution in [3.8, 4) is 11.5 Å². The molecule has 0 bridgehead atoms. The molecule has 1 saturated heterocycles. The number of methoxy groups -OCH3 is 2. The van der Waals surface area contributed by atoms with Gasteiger partial charge in [-0.15, -0.1) is 11.3 Å². The Labute approximate surface area is 158 Å². The molecule has 1 aromatic carbocycles. The molecule has 2 heterocycles. The van der Waals surface area contributed by atoms with Gasteiger partial charge < -0.3 is 19.7 Å². The molecule has 0 saturated carbocycles. The monoisotopic (exact) mass is 375 g/mol. The molecule has 0 unspecified atom stereocenters. The molecule has 6 nitrogen and oxygen atoms in total. The molecule has 1 aliphatic rings. The number of rotatable bonds is 8. The van der Waals surface area contributed by atoms with Gasteiger partial charge in [0.1, 0.15) is 0 Å². The average molecular weight is 375 g/mol. The summed E-state index contributed by atoms with van der Waals surface area (Å²) in [6.07, 6.45) is 3.57. The molecule has 1 N–H and O–H groups in total. The van der Waals surface area contributed by atoms with Crippen molar-refractivity contribution in [1.82, 2.24) is 10.3 Å². The van der Waals surface area contributed by atoms with Gasteiger partial charge in [-0.25, -0.2) is 4.98 Å². The number of amides is 1. The lowest BCUT2D eigenvalue weighted by Crippen LogP contribution is -2.27. The van der Waals surface area contributed by atoms with Crippen LogP contribution in [-0.2, 0) is 17.6 Å². The van der Waals surface area contributed by atoms with Gasteiger partial charge in [-0.1, -0.05) is 6.07 Å². The first-order valence-corrected chi connectivity index (χ1v) is 9.74. The van der Waals surface area contributed by atoms with E-state index in [9.17, 15) is 4.79 Å². The Morgan fingerprint density at radius 1 is 1.23 bits per heavy atom. The predicted octanol–water partition coefficient (Wildman–Crippen LogP) is 2.66. The lowest BCUT2D eigenvalue weighted by molar-refractivity contribution is -0.120. The van der Waals surface area contributed by atoms with Crippen molar-refractivity contribution in [1.29, 1.82) is 0 Å². The lowest BCUT2D eigenvalue weighted by atomic mass is 10.1. The zero-order valence-corrected chi connectivity index (χ0v) is 16.1. The van der Waals surface area contributed by atoms with Gasteiger partial charge >= 0.3 is 0 Å². The fourth-order valence-corrected chi connectivity index (χ4v) is 3.95. The van der Waals surface area contributed by atoms with Gasteiger partial charge in [0.2, 0.25) is 5.91 Å². The van der Waals surface area contributed by atoms with Crippen molar-refractivity contribution in [2.75, 3.05) is 38.8 Å². The third-order valence-electron chi connectivity index (χ3n) is 4.43. The van der Waals surface area contributed by atoms with Crippen LogP contribution < -0.4 is 19.7 Å². The molecule has 1 amide bonds. The van der Waals surface area contributed by atoms with E-state index in [1.54, 1.807) is 25.6 Å². The first-order chi connectivity index (χ1) is 12.7. The minimum Gasteiger partial charge on any atom is -0.493 e. The zero-order valence-electron chi connectivity index (χ0n) is 15.3. The largest absolute Gasteiger partial charge is 0.493 e. The highest BCUT2D eigenvalue weighted by Crippen LogP contribution is 2.27. The molecule has 0 atom stereocenters. The molecule has 0 radical (unpaired) electrons. The number of hydrogen-bond donors (Lipinski definition) is 1. The van der Waals surface area contributed by atoms with E-state index in [0.717, 1.165) is 35.9 Å². The molecule has 3 rings (SSSR count). The molecule has 26 heavy (non-hydrogen) atoms. The summed E-state index contributed by atoms with van der Waals surface area (Å²) in [5, 5.41) is 6.16. The number of benzene rings is 1. The van der Waals surface area contributed by atoms with E-state index in [1.165, 1.54) is 12.8 Å². The molecule has 0 aliphatic carbocycles. The van der Waals surface area contributed by atoms with E-state index in [2.05, 4.69) is 20.6 Å². The Balaban J connectivity index is 1.45. The van der Waals surface area contributed by atoms with E-state index < -0.39 is 0 Å². The Hall–Kier alpha value is -2.28. The SMILES string of the molecule is COc1ccc(CC(=O)NCCc2csc(N3CCCC3)n2)cc1OC. The molecule has 0 spiro atoms. The number of carbonyl (C=O) groups is 1. The highest BCUT2D eigenvalue weighted by atomic mass is 32.1. The van der Waals surface area contributed by atoms with Crippen LogP contribution in [0.15, 0.2) is 23.6 Å². The van der Waals surface area contributed by atoms with E-state index in [0.29, 0.717) is 24.5 Å². The molecule has 140 valence electrons. The number of hydrogen-bond acceptors (Lipinski definition) is 6. The van der Waals surface area contributed by atoms with Gasteiger partial charge in [-0.3, -0.25) is 4.79 Å². The third-order valence-corrected chi connectivity index (χ3v) is 5.38. The summed E-state index contributed by atoms with van der Waals surface area (Å²) in [4.78, 5) is 19.2. The zero-order chi connectivity index (χ0) is 18.4. The van der Waals surface area contributed by atoms with Crippen LogP contribution in [0.1, 0.15) is 24.1 Å². The molecule has 1 aliphatic heterocycles. The summed E-state index contributed by atoms with van der Waals surface area (Å²) in [5.41, 5.74) is 1.94. The van der Waals surface area contributed by atoms with E-state index >= 15 is 0 Å². The highest BCUT2D eigenvalue weighted by molar-refractivity contribution is 7.13. The summed E-state index contributed by atoms with van der Waals surface area (Å²) in [7, 11) is 3.18. The third kappa shape index (κ3) is 4.66. The number of ether oxygens (including phenoxy) is 2. The first-order valence-electron chi connectivity index (χ1n) is 8.86. The Morgan fingerprint density at radius 2 is 2.00 bits per heavy atom. The number of thiazole rings is 1. The summed E-state index contributed by atoms with van der Waals surface area (Å²) in [6, 6.07) is 5.53. The Morgan fingerprint density at radius 3 is 2.73 bits per heavy atom. The smallest absolute Gasteiger partial charge is 0.224 e. The molecular weight excluding hydrogens is 350 g/mol. The van der Waals surface area contributed by atoms with Crippen molar-refractivity contribution in [3.05, 3.63) is 34.8 Å². The first kappa shape index (κ1) is 18.5. The maximum absolute atomic E-state index is 12.2. The number of aromatic nitrogens is 1. The fraction of sp³-hybridized carbons (Fsp3) is 0.474. The Bertz CT molecular complexity index is 741. The quantitative estimate of drug-likeness (QED) is 0.769. The van der Waals surface area contributed by atoms with Crippen LogP contribution in [0.2, 0.25) is 0 Å². The second-order valence-corrected chi connectivity index (χ2v) is 7.12. The second kappa shape index (κ2) is 8.89. The number of anilines is 1. The second-order valence-electron chi connectivity index (χ2n) is 6.28. The minimum absolute atomic E-state index is 0.00721. The van der Waals surface area contributed by atoms with Crippen molar-refractivity contribution in [2.24, 2.45) is 0 Å². The van der Waals surface area contributed by atoms with Crippen molar-refractivity contribution in [3.63, 3.8) is 0 Å². The molecule has 1 aromatic heterocycles. The van der Waals surface area contributed by atoms with Crippen molar-refractivity contribution in [2.45, 2.75) is 25.7 Å². The highest BCUT2D eigenvalue weighted by Gasteiger charge is 2.15. The van der Waals surface area contributed by atoms with Crippen LogP contribution in [-0.4, -0.2) is 44.7 Å². The van der Waals surface area contributed by atoms with Crippen LogP contribution in [0.5, 0.6) is 11.5 Å². The van der Waals surface area contributed by atoms with E-state index in [1.807, 2.05) is 18.2 Å². The van der Waals surface area contributed by atoms with Crippen LogP contribution in [0.4, 0.5) is 5.13 Å². The van der Waals surface area contributed by atoms with Crippen molar-refractivity contribution >= 4 is 22.4 Å². The maximum atomic E-state index is 12.2. The summed E-state index contributed by atoms with van der Waals surface area (Å²) < 4.78 is 10.5.